The highest BCUT2D eigenvalue weighted by molar-refractivity contribution is 5.15. The molecule has 1 aliphatic carbocycles. The Morgan fingerprint density at radius 1 is 1.20 bits per heavy atom. The Morgan fingerprint density at radius 2 is 1.90 bits per heavy atom. The quantitative estimate of drug-likeness (QED) is 0.553. The van der Waals surface area contributed by atoms with Crippen molar-refractivity contribution in [1.29, 1.82) is 5.26 Å². The molecule has 1 unspecified atom stereocenters. The summed E-state index contributed by atoms with van der Waals surface area (Å²) >= 11 is 0. The molecule has 0 aliphatic heterocycles. The molecule has 1 fully saturated rings. The van der Waals surface area contributed by atoms with E-state index in [4.69, 9.17) is 14.2 Å². The van der Waals surface area contributed by atoms with E-state index in [0.717, 1.165) is 25.9 Å². The van der Waals surface area contributed by atoms with Gasteiger partial charge in [0.15, 0.2) is 0 Å². The number of methoxy groups -OCH3 is 1. The lowest BCUT2D eigenvalue weighted by atomic mass is 9.95. The van der Waals surface area contributed by atoms with Crippen molar-refractivity contribution in [3.8, 4) is 6.07 Å². The summed E-state index contributed by atoms with van der Waals surface area (Å²) in [6.07, 6.45) is 3.13. The van der Waals surface area contributed by atoms with Crippen molar-refractivity contribution in [3.05, 3.63) is 0 Å². The van der Waals surface area contributed by atoms with E-state index in [1.807, 2.05) is 0 Å². The lowest BCUT2D eigenvalue weighted by Crippen LogP contribution is -2.53. The molecule has 116 valence electrons. The van der Waals surface area contributed by atoms with E-state index >= 15 is 0 Å². The van der Waals surface area contributed by atoms with Gasteiger partial charge in [-0.2, -0.15) is 5.26 Å². The summed E-state index contributed by atoms with van der Waals surface area (Å²) in [6.45, 7) is 7.07. The van der Waals surface area contributed by atoms with Gasteiger partial charge in [0.2, 0.25) is 0 Å². The van der Waals surface area contributed by atoms with Gasteiger partial charge in [0.05, 0.1) is 25.9 Å². The molecule has 20 heavy (non-hydrogen) atoms. The number of ether oxygens (including phenoxy) is 3. The van der Waals surface area contributed by atoms with E-state index in [1.165, 1.54) is 0 Å². The van der Waals surface area contributed by atoms with E-state index < -0.39 is 5.54 Å². The number of nitrogens with zero attached hydrogens (tertiary/aromatic N) is 1. The second kappa shape index (κ2) is 9.30. The molecule has 1 rings (SSSR count). The number of hydrogen-bond donors (Lipinski definition) is 1. The lowest BCUT2D eigenvalue weighted by molar-refractivity contribution is 0.0194. The van der Waals surface area contributed by atoms with Gasteiger partial charge in [-0.3, -0.25) is 5.32 Å². The molecule has 0 spiro atoms. The van der Waals surface area contributed by atoms with Crippen LogP contribution >= 0.6 is 0 Å². The van der Waals surface area contributed by atoms with Crippen molar-refractivity contribution in [1.82, 2.24) is 5.32 Å². The molecule has 0 bridgehead atoms. The van der Waals surface area contributed by atoms with E-state index in [1.54, 1.807) is 7.11 Å². The standard InChI is InChI=1S/C15H28N2O3/c1-13(2)17-15(11-16,14-5-6-14)12-20-10-9-19-8-4-7-18-3/h13-14,17H,4-10,12H2,1-3H3. The minimum absolute atomic E-state index is 0.282. The van der Waals surface area contributed by atoms with Gasteiger partial charge in [0.1, 0.15) is 5.54 Å². The fraction of sp³-hybridized carbons (Fsp3) is 0.933. The van der Waals surface area contributed by atoms with Crippen LogP contribution in [0.5, 0.6) is 0 Å². The molecule has 0 radical (unpaired) electrons. The Morgan fingerprint density at radius 3 is 2.45 bits per heavy atom. The average Bonchev–Trinajstić information content (AvgIpc) is 3.24. The van der Waals surface area contributed by atoms with E-state index in [-0.39, 0.29) is 6.04 Å². The SMILES string of the molecule is COCCCOCCOCC(C#N)(NC(C)C)C1CC1. The van der Waals surface area contributed by atoms with Gasteiger partial charge in [-0.05, 0) is 39.0 Å². The summed E-state index contributed by atoms with van der Waals surface area (Å²) in [4.78, 5) is 0. The van der Waals surface area contributed by atoms with Crippen LogP contribution in [0.15, 0.2) is 0 Å². The van der Waals surface area contributed by atoms with Gasteiger partial charge in [-0.15, -0.1) is 0 Å². The molecule has 0 aromatic carbocycles. The Kier molecular flexibility index (Phi) is 8.08. The lowest BCUT2D eigenvalue weighted by Gasteiger charge is -2.30. The first kappa shape index (κ1) is 17.4. The first-order valence-electron chi connectivity index (χ1n) is 7.48. The van der Waals surface area contributed by atoms with Crippen LogP contribution in [0, 0.1) is 17.2 Å². The third-order valence-electron chi connectivity index (χ3n) is 3.36. The van der Waals surface area contributed by atoms with Crippen molar-refractivity contribution >= 4 is 0 Å². The summed E-state index contributed by atoms with van der Waals surface area (Å²) in [6, 6.07) is 2.72. The fourth-order valence-electron chi connectivity index (χ4n) is 2.28. The molecule has 0 aromatic rings. The van der Waals surface area contributed by atoms with Gasteiger partial charge >= 0.3 is 0 Å². The molecule has 1 atom stereocenters. The summed E-state index contributed by atoms with van der Waals surface area (Å²) in [7, 11) is 1.68. The summed E-state index contributed by atoms with van der Waals surface area (Å²) in [5, 5.41) is 12.9. The van der Waals surface area contributed by atoms with Gasteiger partial charge < -0.3 is 14.2 Å². The zero-order valence-corrected chi connectivity index (χ0v) is 13.0. The zero-order chi connectivity index (χ0) is 14.8. The van der Waals surface area contributed by atoms with Gasteiger partial charge in [-0.1, -0.05) is 0 Å². The monoisotopic (exact) mass is 284 g/mol. The maximum absolute atomic E-state index is 9.50. The van der Waals surface area contributed by atoms with Crippen LogP contribution in [0.1, 0.15) is 33.1 Å². The van der Waals surface area contributed by atoms with E-state index in [0.29, 0.717) is 32.3 Å². The Bertz CT molecular complexity index is 300. The smallest absolute Gasteiger partial charge is 0.133 e. The number of rotatable bonds is 12. The van der Waals surface area contributed by atoms with Crippen LogP contribution < -0.4 is 5.32 Å². The van der Waals surface area contributed by atoms with Gasteiger partial charge in [0.25, 0.3) is 0 Å². The molecule has 5 nitrogen and oxygen atoms in total. The maximum atomic E-state index is 9.50. The summed E-state index contributed by atoms with van der Waals surface area (Å²) in [5.41, 5.74) is -0.524. The van der Waals surface area contributed by atoms with Gasteiger partial charge in [0, 0.05) is 26.4 Å². The Balaban J connectivity index is 2.18. The maximum Gasteiger partial charge on any atom is 0.133 e. The van der Waals surface area contributed by atoms with Crippen LogP contribution in [-0.4, -0.2) is 51.7 Å². The normalized spacial score (nSPS) is 17.9. The highest BCUT2D eigenvalue weighted by atomic mass is 16.5. The highest BCUT2D eigenvalue weighted by Gasteiger charge is 2.46. The van der Waals surface area contributed by atoms with Crippen molar-refractivity contribution in [3.63, 3.8) is 0 Å². The molecule has 0 aromatic heterocycles. The topological polar surface area (TPSA) is 63.5 Å². The molecular weight excluding hydrogens is 256 g/mol. The number of hydrogen-bond acceptors (Lipinski definition) is 5. The van der Waals surface area contributed by atoms with Gasteiger partial charge in [-0.25, -0.2) is 0 Å². The molecule has 5 heteroatoms. The van der Waals surface area contributed by atoms with Crippen LogP contribution in [0.2, 0.25) is 0 Å². The highest BCUT2D eigenvalue weighted by Crippen LogP contribution is 2.39. The Hall–Kier alpha value is -0.670. The Labute approximate surface area is 122 Å². The first-order chi connectivity index (χ1) is 9.64. The summed E-state index contributed by atoms with van der Waals surface area (Å²) < 4.78 is 16.0. The number of nitriles is 1. The molecule has 0 amide bonds. The molecule has 0 saturated heterocycles. The van der Waals surface area contributed by atoms with Crippen molar-refractivity contribution in [2.45, 2.75) is 44.7 Å². The van der Waals surface area contributed by atoms with Crippen molar-refractivity contribution in [2.24, 2.45) is 5.92 Å². The predicted octanol–water partition coefficient (Wildman–Crippen LogP) is 1.73. The third-order valence-corrected chi connectivity index (χ3v) is 3.36. The largest absolute Gasteiger partial charge is 0.385 e. The van der Waals surface area contributed by atoms with E-state index in [9.17, 15) is 5.26 Å². The third kappa shape index (κ3) is 6.19. The first-order valence-corrected chi connectivity index (χ1v) is 7.48. The predicted molar refractivity (Wildman–Crippen MR) is 77.5 cm³/mol. The minimum Gasteiger partial charge on any atom is -0.385 e. The second-order valence-electron chi connectivity index (χ2n) is 5.67. The molecular formula is C15H28N2O3. The average molecular weight is 284 g/mol. The van der Waals surface area contributed by atoms with E-state index in [2.05, 4.69) is 25.2 Å². The minimum atomic E-state index is -0.524. The zero-order valence-electron chi connectivity index (χ0n) is 13.0. The second-order valence-corrected chi connectivity index (χ2v) is 5.67. The van der Waals surface area contributed by atoms with Crippen LogP contribution in [0.4, 0.5) is 0 Å². The summed E-state index contributed by atoms with van der Waals surface area (Å²) in [5.74, 6) is 0.428. The van der Waals surface area contributed by atoms with Crippen molar-refractivity contribution < 1.29 is 14.2 Å². The van der Waals surface area contributed by atoms with Crippen LogP contribution in [0.25, 0.3) is 0 Å². The van der Waals surface area contributed by atoms with Crippen molar-refractivity contribution in [2.75, 3.05) is 40.1 Å². The van der Waals surface area contributed by atoms with Crippen LogP contribution in [-0.2, 0) is 14.2 Å². The molecule has 1 saturated carbocycles. The molecule has 0 heterocycles. The fourth-order valence-corrected chi connectivity index (χ4v) is 2.28. The number of nitrogens with one attached hydrogen (secondary N) is 1. The molecule has 1 aliphatic rings. The molecule has 1 N–H and O–H groups in total. The van der Waals surface area contributed by atoms with Crippen LogP contribution in [0.3, 0.4) is 0 Å².